The largest absolute Gasteiger partial charge is 0.205 e. The molecule has 0 aliphatic heterocycles. The normalized spacial score (nSPS) is 12.4. The van der Waals surface area contributed by atoms with Gasteiger partial charge in [-0.25, -0.2) is 4.39 Å². The van der Waals surface area contributed by atoms with Gasteiger partial charge in [0.25, 0.3) is 0 Å². The van der Waals surface area contributed by atoms with Gasteiger partial charge in [-0.05, 0) is 54.2 Å². The lowest BCUT2D eigenvalue weighted by atomic mass is 9.94. The number of alkyl halides is 1. The van der Waals surface area contributed by atoms with Crippen LogP contribution in [0.25, 0.3) is 0 Å². The smallest absolute Gasteiger partial charge is 0.142 e. The van der Waals surface area contributed by atoms with Crippen molar-refractivity contribution < 1.29 is 4.39 Å². The lowest BCUT2D eigenvalue weighted by molar-refractivity contribution is 0.582. The van der Waals surface area contributed by atoms with E-state index in [1.807, 2.05) is 24.3 Å². The molecule has 0 aromatic heterocycles. The molecule has 0 saturated heterocycles. The summed E-state index contributed by atoms with van der Waals surface area (Å²) in [7, 11) is 0. The van der Waals surface area contributed by atoms with E-state index in [-0.39, 0.29) is 10.8 Å². The molecule has 106 valence electrons. The SMILES string of the molecule is Fc1cc(CC(CBr)Cc2cccc(Cl)c2)ccc1Cl. The molecule has 0 saturated carbocycles. The van der Waals surface area contributed by atoms with E-state index >= 15 is 0 Å². The first-order chi connectivity index (χ1) is 9.58. The minimum Gasteiger partial charge on any atom is -0.205 e. The van der Waals surface area contributed by atoms with Crippen LogP contribution in [0.2, 0.25) is 10.0 Å². The topological polar surface area (TPSA) is 0 Å². The van der Waals surface area contributed by atoms with Gasteiger partial charge < -0.3 is 0 Å². The maximum absolute atomic E-state index is 13.5. The number of rotatable bonds is 5. The molecule has 0 radical (unpaired) electrons. The van der Waals surface area contributed by atoms with Gasteiger partial charge in [-0.15, -0.1) is 0 Å². The van der Waals surface area contributed by atoms with E-state index in [0.29, 0.717) is 5.92 Å². The molecule has 2 aromatic carbocycles. The highest BCUT2D eigenvalue weighted by molar-refractivity contribution is 9.09. The Morgan fingerprint density at radius 2 is 1.70 bits per heavy atom. The predicted molar refractivity (Wildman–Crippen MR) is 87.6 cm³/mol. The van der Waals surface area contributed by atoms with Crippen LogP contribution in [0.1, 0.15) is 11.1 Å². The molecule has 0 fully saturated rings. The summed E-state index contributed by atoms with van der Waals surface area (Å²) in [4.78, 5) is 0. The van der Waals surface area contributed by atoms with Crippen molar-refractivity contribution >= 4 is 39.1 Å². The van der Waals surface area contributed by atoms with Crippen LogP contribution in [0.5, 0.6) is 0 Å². The summed E-state index contributed by atoms with van der Waals surface area (Å²) in [6.45, 7) is 0. The molecule has 4 heteroatoms. The Balaban J connectivity index is 2.07. The lowest BCUT2D eigenvalue weighted by Gasteiger charge is -2.14. The highest BCUT2D eigenvalue weighted by atomic mass is 79.9. The Morgan fingerprint density at radius 1 is 1.00 bits per heavy atom. The zero-order valence-corrected chi connectivity index (χ0v) is 13.8. The second kappa shape index (κ2) is 7.44. The van der Waals surface area contributed by atoms with E-state index in [4.69, 9.17) is 23.2 Å². The summed E-state index contributed by atoms with van der Waals surface area (Å²) < 4.78 is 13.5. The van der Waals surface area contributed by atoms with Crippen LogP contribution < -0.4 is 0 Å². The third kappa shape index (κ3) is 4.47. The third-order valence-corrected chi connectivity index (χ3v) is 4.60. The van der Waals surface area contributed by atoms with Crippen LogP contribution in [0.3, 0.4) is 0 Å². The molecular weight excluding hydrogens is 362 g/mol. The Bertz CT molecular complexity index is 586. The second-order valence-electron chi connectivity index (χ2n) is 4.81. The summed E-state index contributed by atoms with van der Waals surface area (Å²) >= 11 is 15.2. The van der Waals surface area contributed by atoms with Crippen molar-refractivity contribution in [3.05, 3.63) is 69.5 Å². The van der Waals surface area contributed by atoms with Gasteiger partial charge in [0, 0.05) is 10.4 Å². The molecule has 0 nitrogen and oxygen atoms in total. The summed E-state index contributed by atoms with van der Waals surface area (Å²) in [5.74, 6) is 0.0225. The average molecular weight is 376 g/mol. The van der Waals surface area contributed by atoms with E-state index in [9.17, 15) is 4.39 Å². The lowest BCUT2D eigenvalue weighted by Crippen LogP contribution is -2.10. The fourth-order valence-electron chi connectivity index (χ4n) is 2.18. The Morgan fingerprint density at radius 3 is 2.30 bits per heavy atom. The summed E-state index contributed by atoms with van der Waals surface area (Å²) in [6, 6.07) is 12.8. The van der Waals surface area contributed by atoms with Crippen molar-refractivity contribution in [1.82, 2.24) is 0 Å². The number of hydrogen-bond acceptors (Lipinski definition) is 0. The fraction of sp³-hybridized carbons (Fsp3) is 0.250. The maximum atomic E-state index is 13.5. The van der Waals surface area contributed by atoms with Crippen LogP contribution in [0, 0.1) is 11.7 Å². The molecule has 0 aliphatic rings. The zero-order chi connectivity index (χ0) is 14.5. The molecule has 1 atom stereocenters. The van der Waals surface area contributed by atoms with Gasteiger partial charge in [-0.3, -0.25) is 0 Å². The molecule has 0 heterocycles. The number of hydrogen-bond donors (Lipinski definition) is 0. The van der Waals surface area contributed by atoms with Crippen LogP contribution in [-0.2, 0) is 12.8 Å². The highest BCUT2D eigenvalue weighted by Crippen LogP contribution is 2.22. The van der Waals surface area contributed by atoms with Gasteiger partial charge in [-0.1, -0.05) is 57.3 Å². The molecule has 0 aliphatic carbocycles. The van der Waals surface area contributed by atoms with Gasteiger partial charge in [-0.2, -0.15) is 0 Å². The molecule has 20 heavy (non-hydrogen) atoms. The van der Waals surface area contributed by atoms with Crippen LogP contribution in [-0.4, -0.2) is 5.33 Å². The monoisotopic (exact) mass is 374 g/mol. The highest BCUT2D eigenvalue weighted by Gasteiger charge is 2.11. The predicted octanol–water partition coefficient (Wildman–Crippen LogP) is 5.93. The van der Waals surface area contributed by atoms with Gasteiger partial charge >= 0.3 is 0 Å². The van der Waals surface area contributed by atoms with Crippen LogP contribution >= 0.6 is 39.1 Å². The van der Waals surface area contributed by atoms with Crippen molar-refractivity contribution in [3.8, 4) is 0 Å². The Labute approximate surface area is 137 Å². The number of benzene rings is 2. The molecule has 2 rings (SSSR count). The van der Waals surface area contributed by atoms with Gasteiger partial charge in [0.15, 0.2) is 0 Å². The van der Waals surface area contributed by atoms with E-state index in [0.717, 1.165) is 28.8 Å². The molecule has 2 aromatic rings. The Hall–Kier alpha value is -0.570. The van der Waals surface area contributed by atoms with E-state index in [1.165, 1.54) is 11.6 Å². The third-order valence-electron chi connectivity index (χ3n) is 3.14. The summed E-state index contributed by atoms with van der Waals surface area (Å²) in [6.07, 6.45) is 1.70. The Kier molecular flexibility index (Phi) is 5.88. The fourth-order valence-corrected chi connectivity index (χ4v) is 2.97. The van der Waals surface area contributed by atoms with Gasteiger partial charge in [0.1, 0.15) is 5.82 Å². The number of halogens is 4. The molecule has 0 spiro atoms. The average Bonchev–Trinajstić information content (AvgIpc) is 2.42. The van der Waals surface area contributed by atoms with E-state index in [2.05, 4.69) is 22.0 Å². The van der Waals surface area contributed by atoms with Crippen molar-refractivity contribution in [1.29, 1.82) is 0 Å². The molecular formula is C16H14BrCl2F. The summed E-state index contributed by atoms with van der Waals surface area (Å²) in [5, 5.41) is 1.76. The maximum Gasteiger partial charge on any atom is 0.142 e. The summed E-state index contributed by atoms with van der Waals surface area (Å²) in [5.41, 5.74) is 2.15. The van der Waals surface area contributed by atoms with Crippen molar-refractivity contribution in [3.63, 3.8) is 0 Å². The molecule has 0 amide bonds. The van der Waals surface area contributed by atoms with Crippen molar-refractivity contribution in [2.24, 2.45) is 5.92 Å². The van der Waals surface area contributed by atoms with Gasteiger partial charge in [0.2, 0.25) is 0 Å². The first kappa shape index (κ1) is 15.8. The standard InChI is InChI=1S/C16H14BrCl2F/c17-10-13(6-11-2-1-3-14(18)8-11)7-12-4-5-15(19)16(20)9-12/h1-5,8-9,13H,6-7,10H2. The van der Waals surface area contributed by atoms with Crippen molar-refractivity contribution in [2.75, 3.05) is 5.33 Å². The van der Waals surface area contributed by atoms with E-state index < -0.39 is 0 Å². The molecule has 0 bridgehead atoms. The minimum absolute atomic E-state index is 0.166. The minimum atomic E-state index is -0.361. The van der Waals surface area contributed by atoms with Crippen molar-refractivity contribution in [2.45, 2.75) is 12.8 Å². The second-order valence-corrected chi connectivity index (χ2v) is 6.30. The molecule has 1 unspecified atom stereocenters. The van der Waals surface area contributed by atoms with Crippen LogP contribution in [0.15, 0.2) is 42.5 Å². The zero-order valence-electron chi connectivity index (χ0n) is 10.8. The van der Waals surface area contributed by atoms with Gasteiger partial charge in [0.05, 0.1) is 5.02 Å². The van der Waals surface area contributed by atoms with E-state index in [1.54, 1.807) is 6.07 Å². The van der Waals surface area contributed by atoms with Crippen LogP contribution in [0.4, 0.5) is 4.39 Å². The first-order valence-corrected chi connectivity index (χ1v) is 8.20. The first-order valence-electron chi connectivity index (χ1n) is 6.33. The molecule has 0 N–H and O–H groups in total. The quantitative estimate of drug-likeness (QED) is 0.568.